The maximum absolute atomic E-state index is 13.2. The van der Waals surface area contributed by atoms with Gasteiger partial charge in [-0.3, -0.25) is 4.79 Å². The fourth-order valence-electron chi connectivity index (χ4n) is 1.69. The second-order valence-electron chi connectivity index (χ2n) is 4.11. The minimum atomic E-state index is -1.28. The first kappa shape index (κ1) is 15.3. The highest BCUT2D eigenvalue weighted by Gasteiger charge is 2.15. The number of hydrogen-bond acceptors (Lipinski definition) is 2. The first-order valence-corrected chi connectivity index (χ1v) is 6.42. The van der Waals surface area contributed by atoms with Gasteiger partial charge in [0, 0.05) is 15.6 Å². The number of carboxylic acid groups (broad SMARTS) is 1. The summed E-state index contributed by atoms with van der Waals surface area (Å²) in [5, 5.41) is 11.8. The summed E-state index contributed by atoms with van der Waals surface area (Å²) in [6.07, 6.45) is 0. The van der Waals surface area contributed by atoms with E-state index in [1.54, 1.807) is 0 Å². The van der Waals surface area contributed by atoms with Gasteiger partial charge in [0.1, 0.15) is 5.82 Å². The lowest BCUT2D eigenvalue weighted by atomic mass is 10.1. The van der Waals surface area contributed by atoms with Gasteiger partial charge in [0.05, 0.1) is 11.3 Å². The molecule has 0 heterocycles. The summed E-state index contributed by atoms with van der Waals surface area (Å²) in [5.41, 5.74) is -0.241. The van der Waals surface area contributed by atoms with Crippen molar-refractivity contribution in [2.45, 2.75) is 0 Å². The monoisotopic (exact) mass is 327 g/mol. The minimum Gasteiger partial charge on any atom is -0.478 e. The van der Waals surface area contributed by atoms with Crippen LogP contribution in [-0.2, 0) is 0 Å². The van der Waals surface area contributed by atoms with Gasteiger partial charge in [-0.25, -0.2) is 9.18 Å². The third-order valence-electron chi connectivity index (χ3n) is 2.58. The second kappa shape index (κ2) is 6.11. The number of halogens is 3. The summed E-state index contributed by atoms with van der Waals surface area (Å²) in [6, 6.07) is 7.16. The Morgan fingerprint density at radius 2 is 1.67 bits per heavy atom. The van der Waals surface area contributed by atoms with E-state index in [2.05, 4.69) is 5.32 Å². The highest BCUT2D eigenvalue weighted by Crippen LogP contribution is 2.22. The standard InChI is InChI=1S/C14H8Cl2FNO3/c15-8-3-7(4-9(16)5-8)13(19)18-12-6-10(17)1-2-11(12)14(20)21/h1-6H,(H,18,19)(H,20,21). The summed E-state index contributed by atoms with van der Waals surface area (Å²) in [6.45, 7) is 0. The molecule has 0 bridgehead atoms. The molecule has 4 nitrogen and oxygen atoms in total. The Bertz CT molecular complexity index is 714. The smallest absolute Gasteiger partial charge is 0.337 e. The van der Waals surface area contributed by atoms with E-state index in [1.807, 2.05) is 0 Å². The highest BCUT2D eigenvalue weighted by atomic mass is 35.5. The lowest BCUT2D eigenvalue weighted by molar-refractivity contribution is 0.0698. The Kier molecular flexibility index (Phi) is 4.45. The van der Waals surface area contributed by atoms with Crippen LogP contribution in [0.4, 0.5) is 10.1 Å². The molecule has 2 rings (SSSR count). The molecule has 0 aliphatic carbocycles. The summed E-state index contributed by atoms with van der Waals surface area (Å²) in [7, 11) is 0. The summed E-state index contributed by atoms with van der Waals surface area (Å²) in [4.78, 5) is 23.1. The minimum absolute atomic E-state index is 0.133. The molecule has 0 fully saturated rings. The molecule has 21 heavy (non-hydrogen) atoms. The van der Waals surface area contributed by atoms with E-state index >= 15 is 0 Å². The average Bonchev–Trinajstić information content (AvgIpc) is 2.37. The quantitative estimate of drug-likeness (QED) is 0.892. The van der Waals surface area contributed by atoms with Gasteiger partial charge in [0.15, 0.2) is 0 Å². The zero-order valence-corrected chi connectivity index (χ0v) is 11.9. The van der Waals surface area contributed by atoms with Crippen LogP contribution in [0.15, 0.2) is 36.4 Å². The normalized spacial score (nSPS) is 10.2. The van der Waals surface area contributed by atoms with E-state index < -0.39 is 17.7 Å². The molecular formula is C14H8Cl2FNO3. The van der Waals surface area contributed by atoms with Crippen molar-refractivity contribution in [2.24, 2.45) is 0 Å². The van der Waals surface area contributed by atoms with Crippen LogP contribution in [0.5, 0.6) is 0 Å². The van der Waals surface area contributed by atoms with Crippen molar-refractivity contribution in [1.29, 1.82) is 0 Å². The predicted molar refractivity (Wildman–Crippen MR) is 77.8 cm³/mol. The molecule has 2 N–H and O–H groups in total. The van der Waals surface area contributed by atoms with Crippen LogP contribution in [0.3, 0.4) is 0 Å². The fraction of sp³-hybridized carbons (Fsp3) is 0. The summed E-state index contributed by atoms with van der Waals surface area (Å²) in [5.74, 6) is -2.60. The van der Waals surface area contributed by atoms with Crippen LogP contribution in [-0.4, -0.2) is 17.0 Å². The van der Waals surface area contributed by atoms with Gasteiger partial charge in [-0.1, -0.05) is 23.2 Å². The van der Waals surface area contributed by atoms with Gasteiger partial charge < -0.3 is 10.4 Å². The third-order valence-corrected chi connectivity index (χ3v) is 3.02. The molecule has 0 aliphatic rings. The van der Waals surface area contributed by atoms with Crippen molar-refractivity contribution >= 4 is 40.8 Å². The zero-order chi connectivity index (χ0) is 15.6. The second-order valence-corrected chi connectivity index (χ2v) is 4.98. The van der Waals surface area contributed by atoms with Crippen LogP contribution in [0.25, 0.3) is 0 Å². The number of benzene rings is 2. The van der Waals surface area contributed by atoms with Crippen LogP contribution >= 0.6 is 23.2 Å². The Labute approximate surface area is 129 Å². The molecule has 0 unspecified atom stereocenters. The number of hydrogen-bond donors (Lipinski definition) is 2. The lowest BCUT2D eigenvalue weighted by Gasteiger charge is -2.09. The van der Waals surface area contributed by atoms with Crippen LogP contribution in [0, 0.1) is 5.82 Å². The van der Waals surface area contributed by atoms with E-state index in [1.165, 1.54) is 18.2 Å². The first-order valence-electron chi connectivity index (χ1n) is 5.67. The molecule has 0 atom stereocenters. The van der Waals surface area contributed by atoms with Gasteiger partial charge in [-0.05, 0) is 36.4 Å². The number of carbonyl (C=O) groups is 2. The molecule has 0 saturated heterocycles. The fourth-order valence-corrected chi connectivity index (χ4v) is 2.21. The van der Waals surface area contributed by atoms with E-state index in [9.17, 15) is 14.0 Å². The molecule has 108 valence electrons. The molecule has 0 aromatic heterocycles. The summed E-state index contributed by atoms with van der Waals surface area (Å²) < 4.78 is 13.2. The van der Waals surface area contributed by atoms with Crippen LogP contribution in [0.1, 0.15) is 20.7 Å². The summed E-state index contributed by atoms with van der Waals surface area (Å²) >= 11 is 11.6. The number of anilines is 1. The number of rotatable bonds is 3. The number of aromatic carboxylic acids is 1. The molecule has 2 aromatic carbocycles. The Morgan fingerprint density at radius 3 is 2.24 bits per heavy atom. The molecular weight excluding hydrogens is 320 g/mol. The van der Waals surface area contributed by atoms with Crippen molar-refractivity contribution < 1.29 is 19.1 Å². The first-order chi connectivity index (χ1) is 9.86. The average molecular weight is 328 g/mol. The van der Waals surface area contributed by atoms with Crippen LogP contribution in [0.2, 0.25) is 10.0 Å². The lowest BCUT2D eigenvalue weighted by Crippen LogP contribution is -2.15. The SMILES string of the molecule is O=C(Nc1cc(F)ccc1C(=O)O)c1cc(Cl)cc(Cl)c1. The van der Waals surface area contributed by atoms with Crippen molar-refractivity contribution in [2.75, 3.05) is 5.32 Å². The molecule has 0 spiro atoms. The largest absolute Gasteiger partial charge is 0.478 e. The van der Waals surface area contributed by atoms with Gasteiger partial charge >= 0.3 is 5.97 Å². The molecule has 0 radical (unpaired) electrons. The Balaban J connectivity index is 2.35. The number of carbonyl (C=O) groups excluding carboxylic acids is 1. The van der Waals surface area contributed by atoms with Crippen molar-refractivity contribution in [3.8, 4) is 0 Å². The van der Waals surface area contributed by atoms with E-state index in [0.29, 0.717) is 0 Å². The van der Waals surface area contributed by atoms with Crippen molar-refractivity contribution in [3.05, 3.63) is 63.4 Å². The number of amides is 1. The molecule has 1 amide bonds. The number of carboxylic acids is 1. The zero-order valence-electron chi connectivity index (χ0n) is 10.4. The molecule has 7 heteroatoms. The predicted octanol–water partition coefficient (Wildman–Crippen LogP) is 4.08. The molecule has 0 aliphatic heterocycles. The van der Waals surface area contributed by atoms with Gasteiger partial charge in [0.2, 0.25) is 0 Å². The Hall–Kier alpha value is -2.11. The van der Waals surface area contributed by atoms with Gasteiger partial charge in [0.25, 0.3) is 5.91 Å². The molecule has 0 saturated carbocycles. The molecule has 2 aromatic rings. The van der Waals surface area contributed by atoms with E-state index in [0.717, 1.165) is 18.2 Å². The topological polar surface area (TPSA) is 66.4 Å². The third kappa shape index (κ3) is 3.71. The van der Waals surface area contributed by atoms with E-state index in [4.69, 9.17) is 28.3 Å². The highest BCUT2D eigenvalue weighted by molar-refractivity contribution is 6.35. The van der Waals surface area contributed by atoms with Crippen LogP contribution < -0.4 is 5.32 Å². The van der Waals surface area contributed by atoms with Crippen molar-refractivity contribution in [3.63, 3.8) is 0 Å². The van der Waals surface area contributed by atoms with E-state index in [-0.39, 0.29) is 26.9 Å². The Morgan fingerprint density at radius 1 is 1.05 bits per heavy atom. The van der Waals surface area contributed by atoms with Gasteiger partial charge in [-0.15, -0.1) is 0 Å². The van der Waals surface area contributed by atoms with Crippen molar-refractivity contribution in [1.82, 2.24) is 0 Å². The van der Waals surface area contributed by atoms with Gasteiger partial charge in [-0.2, -0.15) is 0 Å². The maximum Gasteiger partial charge on any atom is 0.337 e. The number of nitrogens with one attached hydrogen (secondary N) is 1. The maximum atomic E-state index is 13.2.